The van der Waals surface area contributed by atoms with Crippen LogP contribution in [0, 0.1) is 11.3 Å². The first-order chi connectivity index (χ1) is 12.1. The van der Waals surface area contributed by atoms with Gasteiger partial charge in [-0.2, -0.15) is 5.26 Å². The second kappa shape index (κ2) is 7.51. The quantitative estimate of drug-likeness (QED) is 0.836. The minimum absolute atomic E-state index is 0.111. The van der Waals surface area contributed by atoms with E-state index >= 15 is 0 Å². The predicted molar refractivity (Wildman–Crippen MR) is 92.4 cm³/mol. The van der Waals surface area contributed by atoms with E-state index in [1.807, 2.05) is 6.92 Å². The largest absolute Gasteiger partial charge is 0.459 e. The monoisotopic (exact) mass is 359 g/mol. The summed E-state index contributed by atoms with van der Waals surface area (Å²) in [7, 11) is 0. The maximum absolute atomic E-state index is 12.4. The third-order valence-corrected chi connectivity index (χ3v) is 5.28. The van der Waals surface area contributed by atoms with Gasteiger partial charge in [0.25, 0.3) is 11.8 Å². The molecule has 2 amide bonds. The fraction of sp³-hybridized carbons (Fsp3) is 0.353. The molecular formula is C17H19N4O3S+. The summed E-state index contributed by atoms with van der Waals surface area (Å²) in [4.78, 5) is 27.6. The topological polar surface area (TPSA) is 90.8 Å². The smallest absolute Gasteiger partial charge is 0.289 e. The molecule has 1 aliphatic heterocycles. The number of carbonyl (C=O) groups is 2. The number of furan rings is 1. The number of hydrogen-bond acceptors (Lipinski definition) is 5. The maximum atomic E-state index is 12.4. The highest BCUT2D eigenvalue weighted by atomic mass is 32.1. The van der Waals surface area contributed by atoms with Crippen LogP contribution in [0.15, 0.2) is 34.3 Å². The lowest BCUT2D eigenvalue weighted by molar-refractivity contribution is -0.917. The number of piperazine rings is 1. The number of anilines is 1. The Kier molecular flexibility index (Phi) is 5.16. The summed E-state index contributed by atoms with van der Waals surface area (Å²) in [5.74, 6) is 0.120. The van der Waals surface area contributed by atoms with Crippen LogP contribution in [0.5, 0.6) is 0 Å². The van der Waals surface area contributed by atoms with Crippen molar-refractivity contribution in [2.45, 2.75) is 13.0 Å². The summed E-state index contributed by atoms with van der Waals surface area (Å²) in [5, 5.41) is 14.2. The fourth-order valence-corrected chi connectivity index (χ4v) is 3.63. The van der Waals surface area contributed by atoms with Gasteiger partial charge in [-0.15, -0.1) is 11.3 Å². The van der Waals surface area contributed by atoms with E-state index in [1.165, 1.54) is 17.6 Å². The number of rotatable bonds is 4. The summed E-state index contributed by atoms with van der Waals surface area (Å²) in [6.45, 7) is 4.41. The number of nitrogens with zero attached hydrogens (tertiary/aromatic N) is 2. The van der Waals surface area contributed by atoms with E-state index in [1.54, 1.807) is 28.5 Å². The van der Waals surface area contributed by atoms with Crippen LogP contribution in [0.4, 0.5) is 5.00 Å². The Morgan fingerprint density at radius 1 is 1.40 bits per heavy atom. The van der Waals surface area contributed by atoms with Crippen molar-refractivity contribution in [2.75, 3.05) is 31.5 Å². The summed E-state index contributed by atoms with van der Waals surface area (Å²) in [5.41, 5.74) is 0.481. The zero-order valence-electron chi connectivity index (χ0n) is 13.8. The van der Waals surface area contributed by atoms with Crippen molar-refractivity contribution in [1.82, 2.24) is 4.90 Å². The molecule has 0 bridgehead atoms. The molecule has 0 aliphatic carbocycles. The van der Waals surface area contributed by atoms with Crippen molar-refractivity contribution in [2.24, 2.45) is 0 Å². The lowest BCUT2D eigenvalue weighted by Crippen LogP contribution is -3.19. The molecule has 1 fully saturated rings. The van der Waals surface area contributed by atoms with E-state index in [-0.39, 0.29) is 17.9 Å². The molecule has 3 heterocycles. The Morgan fingerprint density at radius 2 is 2.16 bits per heavy atom. The van der Waals surface area contributed by atoms with Crippen LogP contribution in [0.1, 0.15) is 23.0 Å². The van der Waals surface area contributed by atoms with E-state index in [9.17, 15) is 9.59 Å². The van der Waals surface area contributed by atoms with Crippen molar-refractivity contribution in [3.8, 4) is 6.07 Å². The molecule has 8 heteroatoms. The summed E-state index contributed by atoms with van der Waals surface area (Å²) in [6, 6.07) is 6.86. The SMILES string of the molecule is C[C@@H](C(=O)Nc1sccc1C#N)[NH+]1CCN(C(=O)c2ccco2)CC1. The van der Waals surface area contributed by atoms with Gasteiger partial charge in [-0.25, -0.2) is 0 Å². The van der Waals surface area contributed by atoms with Gasteiger partial charge < -0.3 is 19.5 Å². The van der Waals surface area contributed by atoms with Crippen LogP contribution in [0.25, 0.3) is 0 Å². The van der Waals surface area contributed by atoms with Crippen molar-refractivity contribution in [3.05, 3.63) is 41.2 Å². The first-order valence-electron chi connectivity index (χ1n) is 8.06. The van der Waals surface area contributed by atoms with Crippen molar-refractivity contribution >= 4 is 28.2 Å². The zero-order chi connectivity index (χ0) is 17.8. The minimum atomic E-state index is -0.255. The van der Waals surface area contributed by atoms with Crippen LogP contribution in [0.2, 0.25) is 0 Å². The van der Waals surface area contributed by atoms with E-state index in [0.29, 0.717) is 42.5 Å². The molecule has 0 radical (unpaired) electrons. The number of hydrogen-bond donors (Lipinski definition) is 2. The second-order valence-corrected chi connectivity index (χ2v) is 6.83. The Morgan fingerprint density at radius 3 is 2.80 bits per heavy atom. The fourth-order valence-electron chi connectivity index (χ4n) is 2.89. The van der Waals surface area contributed by atoms with Crippen LogP contribution < -0.4 is 10.2 Å². The van der Waals surface area contributed by atoms with E-state index in [2.05, 4.69) is 11.4 Å². The third kappa shape index (κ3) is 3.73. The Balaban J connectivity index is 1.54. The van der Waals surface area contributed by atoms with E-state index < -0.39 is 0 Å². The molecule has 2 aromatic heterocycles. The summed E-state index contributed by atoms with van der Waals surface area (Å²) < 4.78 is 5.15. The van der Waals surface area contributed by atoms with Crippen molar-refractivity contribution < 1.29 is 18.9 Å². The number of nitrogens with one attached hydrogen (secondary N) is 2. The first kappa shape index (κ1) is 17.2. The molecule has 2 aromatic rings. The zero-order valence-corrected chi connectivity index (χ0v) is 14.6. The predicted octanol–water partition coefficient (Wildman–Crippen LogP) is 0.581. The maximum Gasteiger partial charge on any atom is 0.289 e. The lowest BCUT2D eigenvalue weighted by Gasteiger charge is -2.34. The van der Waals surface area contributed by atoms with Gasteiger partial charge in [0.1, 0.15) is 11.1 Å². The molecule has 0 saturated carbocycles. The van der Waals surface area contributed by atoms with Gasteiger partial charge in [0.15, 0.2) is 11.8 Å². The highest BCUT2D eigenvalue weighted by molar-refractivity contribution is 7.14. The van der Waals surface area contributed by atoms with E-state index in [4.69, 9.17) is 9.68 Å². The number of thiophene rings is 1. The van der Waals surface area contributed by atoms with Crippen LogP contribution in [0.3, 0.4) is 0 Å². The number of amides is 2. The van der Waals surface area contributed by atoms with Gasteiger partial charge >= 0.3 is 0 Å². The summed E-state index contributed by atoms with van der Waals surface area (Å²) >= 11 is 1.34. The number of nitriles is 1. The molecule has 2 N–H and O–H groups in total. The standard InChI is InChI=1S/C17H18N4O3S/c1-12(15(22)19-16-13(11-18)4-10-25-16)20-5-7-21(8-6-20)17(23)14-3-2-9-24-14/h2-4,9-10,12H,5-8H2,1H3,(H,19,22)/p+1/t12-/m0/s1. The Hall–Kier alpha value is -2.63. The van der Waals surface area contributed by atoms with Gasteiger partial charge in [0.2, 0.25) is 0 Å². The van der Waals surface area contributed by atoms with Crippen LogP contribution >= 0.6 is 11.3 Å². The summed E-state index contributed by atoms with van der Waals surface area (Å²) in [6.07, 6.45) is 1.49. The number of carbonyl (C=O) groups excluding carboxylic acids is 2. The Bertz CT molecular complexity index is 785. The molecule has 1 atom stereocenters. The molecule has 130 valence electrons. The molecular weight excluding hydrogens is 340 g/mol. The van der Waals surface area contributed by atoms with Gasteiger partial charge in [-0.05, 0) is 30.5 Å². The normalized spacial score (nSPS) is 16.2. The molecule has 1 aliphatic rings. The number of quaternary nitrogens is 1. The minimum Gasteiger partial charge on any atom is -0.459 e. The van der Waals surface area contributed by atoms with Gasteiger partial charge in [-0.1, -0.05) is 0 Å². The molecule has 0 aromatic carbocycles. The molecule has 25 heavy (non-hydrogen) atoms. The van der Waals surface area contributed by atoms with Gasteiger partial charge in [0.05, 0.1) is 38.0 Å². The molecule has 7 nitrogen and oxygen atoms in total. The van der Waals surface area contributed by atoms with Crippen molar-refractivity contribution in [3.63, 3.8) is 0 Å². The molecule has 0 unspecified atom stereocenters. The van der Waals surface area contributed by atoms with Gasteiger partial charge in [-0.3, -0.25) is 9.59 Å². The third-order valence-electron chi connectivity index (χ3n) is 4.45. The van der Waals surface area contributed by atoms with Crippen LogP contribution in [-0.4, -0.2) is 48.9 Å². The molecule has 3 rings (SSSR count). The average molecular weight is 359 g/mol. The molecule has 1 saturated heterocycles. The highest BCUT2D eigenvalue weighted by Crippen LogP contribution is 2.22. The second-order valence-electron chi connectivity index (χ2n) is 5.91. The highest BCUT2D eigenvalue weighted by Gasteiger charge is 2.32. The van der Waals surface area contributed by atoms with Crippen molar-refractivity contribution in [1.29, 1.82) is 5.26 Å². The molecule has 0 spiro atoms. The Labute approximate surface area is 149 Å². The average Bonchev–Trinajstić information content (AvgIpc) is 3.32. The first-order valence-corrected chi connectivity index (χ1v) is 8.94. The lowest BCUT2D eigenvalue weighted by atomic mass is 10.2. The van der Waals surface area contributed by atoms with Crippen LogP contribution in [-0.2, 0) is 4.79 Å². The van der Waals surface area contributed by atoms with Gasteiger partial charge in [0, 0.05) is 0 Å². The van der Waals surface area contributed by atoms with E-state index in [0.717, 1.165) is 4.90 Å².